The van der Waals surface area contributed by atoms with Gasteiger partial charge in [-0.05, 0) is 105 Å². The quantitative estimate of drug-likeness (QED) is 0.0538. The van der Waals surface area contributed by atoms with Crippen LogP contribution < -0.4 is 0 Å². The first kappa shape index (κ1) is 36.2. The molecule has 0 aromatic rings. The Labute approximate surface area is 280 Å². The second-order valence-corrected chi connectivity index (χ2v) is 14.8. The molecule has 0 amide bonds. The van der Waals surface area contributed by atoms with Gasteiger partial charge in [-0.1, -0.05) is 108 Å². The van der Waals surface area contributed by atoms with Gasteiger partial charge in [0.25, 0.3) is 0 Å². The number of rotatable bonds is 18. The molecule has 0 bridgehead atoms. The molecule has 0 aromatic heterocycles. The fourth-order valence-corrected chi connectivity index (χ4v) is 8.06. The lowest BCUT2D eigenvalue weighted by Crippen LogP contribution is -2.30. The van der Waals surface area contributed by atoms with Crippen molar-refractivity contribution in [1.82, 2.24) is 0 Å². The normalized spacial score (nSPS) is 26.6. The number of unbranched alkanes of at least 4 members (excludes halogenated alkanes) is 3. The zero-order valence-corrected chi connectivity index (χ0v) is 29.1. The summed E-state index contributed by atoms with van der Waals surface area (Å²) in [6, 6.07) is 0. The van der Waals surface area contributed by atoms with Gasteiger partial charge < -0.3 is 14.6 Å². The van der Waals surface area contributed by atoms with Gasteiger partial charge in [0.05, 0.1) is 25.4 Å². The molecule has 2 atom stereocenters. The van der Waals surface area contributed by atoms with Crippen molar-refractivity contribution < 1.29 is 19.4 Å². The van der Waals surface area contributed by atoms with Crippen LogP contribution in [0.25, 0.3) is 0 Å². The standard InChI is InChI=1S/C42H62O4/c1-6-7-8-9-10-35-17-22-40-26-39(24-23-38(40)25-35)36-18-13-33(14-19-36)11-12-34-15-20-37(21-16-34)41(28-45-32(5)30(2)3)29-46-42(44)31(4)27-43/h17,22-25,33-34,36-37,40-41,43H,2,4-16,18-21,26-29H2,1,3H3. The van der Waals surface area contributed by atoms with Gasteiger partial charge in [-0.3, -0.25) is 0 Å². The van der Waals surface area contributed by atoms with Crippen LogP contribution in [-0.4, -0.2) is 30.9 Å². The minimum atomic E-state index is -0.527. The molecule has 4 nitrogen and oxygen atoms in total. The van der Waals surface area contributed by atoms with Crippen molar-refractivity contribution in [2.45, 2.75) is 117 Å². The van der Waals surface area contributed by atoms with E-state index < -0.39 is 5.97 Å². The van der Waals surface area contributed by atoms with E-state index in [1.807, 2.05) is 6.92 Å². The van der Waals surface area contributed by atoms with E-state index in [0.717, 1.165) is 36.2 Å². The molecule has 2 saturated carbocycles. The maximum atomic E-state index is 12.2. The first-order valence-electron chi connectivity index (χ1n) is 18.5. The fraction of sp³-hybridized carbons (Fsp3) is 0.643. The van der Waals surface area contributed by atoms with Crippen molar-refractivity contribution >= 4 is 5.97 Å². The van der Waals surface area contributed by atoms with Crippen molar-refractivity contribution in [3.05, 3.63) is 83.7 Å². The number of carbonyl (C=O) groups excluding carboxylic acids is 1. The molecule has 1 N–H and O–H groups in total. The monoisotopic (exact) mass is 630 g/mol. The van der Waals surface area contributed by atoms with Gasteiger partial charge in [0, 0.05) is 11.8 Å². The van der Waals surface area contributed by atoms with E-state index in [2.05, 4.69) is 57.0 Å². The van der Waals surface area contributed by atoms with E-state index in [0.29, 0.717) is 24.2 Å². The molecule has 0 aliphatic heterocycles. The number of carbonyl (C=O) groups is 1. The van der Waals surface area contributed by atoms with Crippen LogP contribution in [0.1, 0.15) is 117 Å². The summed E-state index contributed by atoms with van der Waals surface area (Å²) >= 11 is 0. The average molecular weight is 631 g/mol. The molecule has 46 heavy (non-hydrogen) atoms. The highest BCUT2D eigenvalue weighted by molar-refractivity contribution is 5.87. The molecular weight excluding hydrogens is 568 g/mol. The molecule has 0 spiro atoms. The smallest absolute Gasteiger partial charge is 0.335 e. The maximum Gasteiger partial charge on any atom is 0.335 e. The van der Waals surface area contributed by atoms with Crippen LogP contribution in [0.15, 0.2) is 83.7 Å². The molecule has 4 rings (SSSR count). The van der Waals surface area contributed by atoms with Gasteiger partial charge in [-0.15, -0.1) is 0 Å². The summed E-state index contributed by atoms with van der Waals surface area (Å²) < 4.78 is 11.4. The van der Waals surface area contributed by atoms with E-state index in [1.54, 1.807) is 5.57 Å². The van der Waals surface area contributed by atoms with E-state index in [1.165, 1.54) is 101 Å². The maximum absolute atomic E-state index is 12.2. The van der Waals surface area contributed by atoms with Crippen molar-refractivity contribution in [2.24, 2.45) is 35.5 Å². The fourth-order valence-electron chi connectivity index (χ4n) is 8.06. The Morgan fingerprint density at radius 1 is 0.913 bits per heavy atom. The molecule has 2 fully saturated rings. The molecule has 0 saturated heterocycles. The van der Waals surface area contributed by atoms with Crippen LogP contribution >= 0.6 is 0 Å². The Bertz CT molecular complexity index is 1170. The third kappa shape index (κ3) is 11.0. The molecule has 2 unspecified atom stereocenters. The summed E-state index contributed by atoms with van der Waals surface area (Å²) in [6.45, 7) is 16.0. The number of hydrogen-bond acceptors (Lipinski definition) is 4. The van der Waals surface area contributed by atoms with Crippen LogP contribution in [0.5, 0.6) is 0 Å². The number of esters is 1. The summed E-state index contributed by atoms with van der Waals surface area (Å²) in [5.74, 6) is 3.66. The molecule has 0 heterocycles. The summed E-state index contributed by atoms with van der Waals surface area (Å²) in [4.78, 5) is 12.2. The van der Waals surface area contributed by atoms with Crippen molar-refractivity contribution in [2.75, 3.05) is 19.8 Å². The molecular formula is C42H62O4. The Morgan fingerprint density at radius 3 is 2.24 bits per heavy atom. The van der Waals surface area contributed by atoms with E-state index in [-0.39, 0.29) is 24.7 Å². The third-order valence-electron chi connectivity index (χ3n) is 11.4. The van der Waals surface area contributed by atoms with E-state index in [4.69, 9.17) is 9.47 Å². The second-order valence-electron chi connectivity index (χ2n) is 14.8. The number of allylic oxidation sites excluding steroid dienone is 9. The predicted molar refractivity (Wildman–Crippen MR) is 191 cm³/mol. The molecule has 0 radical (unpaired) electrons. The first-order chi connectivity index (χ1) is 22.3. The lowest BCUT2D eigenvalue weighted by atomic mass is 9.70. The number of aliphatic hydroxyl groups is 1. The second kappa shape index (κ2) is 18.7. The van der Waals surface area contributed by atoms with Crippen molar-refractivity contribution in [3.8, 4) is 0 Å². The topological polar surface area (TPSA) is 55.8 Å². The van der Waals surface area contributed by atoms with Gasteiger partial charge in [0.15, 0.2) is 0 Å². The zero-order chi connectivity index (χ0) is 32.9. The summed E-state index contributed by atoms with van der Waals surface area (Å²) in [5.41, 5.74) is 5.65. The number of ether oxygens (including phenoxy) is 2. The Hall–Kier alpha value is -2.59. The van der Waals surface area contributed by atoms with Crippen LogP contribution in [0.3, 0.4) is 0 Å². The predicted octanol–water partition coefficient (Wildman–Crippen LogP) is 10.5. The number of fused-ring (bicyclic) bond motifs is 1. The molecule has 4 aliphatic carbocycles. The van der Waals surface area contributed by atoms with E-state index >= 15 is 0 Å². The van der Waals surface area contributed by atoms with Crippen LogP contribution in [-0.2, 0) is 14.3 Å². The van der Waals surface area contributed by atoms with Gasteiger partial charge in [0.1, 0.15) is 5.76 Å². The summed E-state index contributed by atoms with van der Waals surface area (Å²) in [6.07, 6.45) is 33.0. The summed E-state index contributed by atoms with van der Waals surface area (Å²) in [7, 11) is 0. The van der Waals surface area contributed by atoms with Gasteiger partial charge >= 0.3 is 5.97 Å². The largest absolute Gasteiger partial charge is 0.494 e. The SMILES string of the molecule is C=C(C)C(=C)OCC(COC(=O)C(=C)CO)C1CCC(CCC2CCC(C3=CC=C4C=C(CCCCCC)C=CC4C3)CC2)CC1. The van der Waals surface area contributed by atoms with Crippen LogP contribution in [0.4, 0.5) is 0 Å². The lowest BCUT2D eigenvalue weighted by molar-refractivity contribution is -0.142. The van der Waals surface area contributed by atoms with E-state index in [9.17, 15) is 9.90 Å². The summed E-state index contributed by atoms with van der Waals surface area (Å²) in [5, 5.41) is 9.22. The number of hydrogen-bond donors (Lipinski definition) is 1. The van der Waals surface area contributed by atoms with Crippen LogP contribution in [0, 0.1) is 35.5 Å². The highest BCUT2D eigenvalue weighted by Gasteiger charge is 2.31. The Kier molecular flexibility index (Phi) is 14.7. The highest BCUT2D eigenvalue weighted by atomic mass is 16.5. The van der Waals surface area contributed by atoms with Crippen molar-refractivity contribution in [1.29, 1.82) is 0 Å². The Balaban J connectivity index is 1.17. The zero-order valence-electron chi connectivity index (χ0n) is 29.1. The lowest BCUT2D eigenvalue weighted by Gasteiger charge is -2.36. The van der Waals surface area contributed by atoms with Gasteiger partial charge in [-0.2, -0.15) is 0 Å². The van der Waals surface area contributed by atoms with Crippen molar-refractivity contribution in [3.63, 3.8) is 0 Å². The van der Waals surface area contributed by atoms with Gasteiger partial charge in [0.2, 0.25) is 0 Å². The first-order valence-corrected chi connectivity index (χ1v) is 18.5. The molecule has 4 aliphatic rings. The Morgan fingerprint density at radius 2 is 1.59 bits per heavy atom. The minimum absolute atomic E-state index is 0.0888. The van der Waals surface area contributed by atoms with Crippen LogP contribution in [0.2, 0.25) is 0 Å². The molecule has 4 heteroatoms. The van der Waals surface area contributed by atoms with Gasteiger partial charge in [-0.25, -0.2) is 4.79 Å². The molecule has 254 valence electrons. The minimum Gasteiger partial charge on any atom is -0.494 e. The molecule has 0 aromatic carbocycles. The third-order valence-corrected chi connectivity index (χ3v) is 11.4. The highest BCUT2D eigenvalue weighted by Crippen LogP contribution is 2.43. The number of aliphatic hydroxyl groups excluding tert-OH is 1. The average Bonchev–Trinajstić information content (AvgIpc) is 3.08.